The predicted octanol–water partition coefficient (Wildman–Crippen LogP) is 2.61. The molecule has 1 amide bonds. The molecule has 6 heteroatoms. The third-order valence-corrected chi connectivity index (χ3v) is 5.28. The van der Waals surface area contributed by atoms with Gasteiger partial charge in [0.05, 0.1) is 31.1 Å². The van der Waals surface area contributed by atoms with Crippen LogP contribution in [0.2, 0.25) is 0 Å². The minimum atomic E-state index is -0.547. The molecule has 0 aliphatic heterocycles. The van der Waals surface area contributed by atoms with Gasteiger partial charge >= 0.3 is 0 Å². The quantitative estimate of drug-likeness (QED) is 0.729. The zero-order chi connectivity index (χ0) is 18.8. The van der Waals surface area contributed by atoms with Crippen molar-refractivity contribution in [3.8, 4) is 5.75 Å². The molecule has 1 fully saturated rings. The highest BCUT2D eigenvalue weighted by atomic mass is 16.5. The molecule has 0 saturated heterocycles. The van der Waals surface area contributed by atoms with Gasteiger partial charge in [-0.25, -0.2) is 4.98 Å². The lowest BCUT2D eigenvalue weighted by molar-refractivity contribution is 0.0870. The number of aliphatic hydroxyl groups excluding tert-OH is 1. The number of rotatable bonds is 5. The molecule has 1 aliphatic carbocycles. The van der Waals surface area contributed by atoms with E-state index in [4.69, 9.17) is 4.74 Å². The number of nitrogens with zero attached hydrogens (tertiary/aromatic N) is 2. The number of nitrogens with one attached hydrogen (secondary N) is 1. The van der Waals surface area contributed by atoms with E-state index < -0.39 is 6.10 Å². The molecule has 1 saturated carbocycles. The summed E-state index contributed by atoms with van der Waals surface area (Å²) in [5.41, 5.74) is 0.487. The summed E-state index contributed by atoms with van der Waals surface area (Å²) in [6.07, 6.45) is 6.29. The van der Waals surface area contributed by atoms with Crippen LogP contribution in [0.3, 0.4) is 0 Å². The normalized spacial score (nSPS) is 22.1. The van der Waals surface area contributed by atoms with Crippen molar-refractivity contribution in [2.24, 2.45) is 5.92 Å². The number of carbonyl (C=O) groups is 1. The maximum absolute atomic E-state index is 12.9. The van der Waals surface area contributed by atoms with Gasteiger partial charge < -0.3 is 19.7 Å². The topological polar surface area (TPSA) is 76.4 Å². The van der Waals surface area contributed by atoms with Crippen LogP contribution in [0.1, 0.15) is 23.2 Å². The van der Waals surface area contributed by atoms with E-state index in [-0.39, 0.29) is 11.9 Å². The van der Waals surface area contributed by atoms with E-state index in [2.05, 4.69) is 10.3 Å². The SMILES string of the molecule is COc1cc2ccccc2cc1C(=O)N[C@@H]1CC(Cn2ccnc2)C[C@H]1O. The monoisotopic (exact) mass is 365 g/mol. The number of hydrogen-bond donors (Lipinski definition) is 2. The molecule has 3 atom stereocenters. The molecular formula is C21H23N3O3. The van der Waals surface area contributed by atoms with E-state index in [1.165, 1.54) is 0 Å². The van der Waals surface area contributed by atoms with Gasteiger partial charge in [0.2, 0.25) is 0 Å². The van der Waals surface area contributed by atoms with E-state index in [0.29, 0.717) is 23.7 Å². The standard InChI is InChI=1S/C21H23N3O3/c1-27-20-11-16-5-3-2-4-15(16)10-17(20)21(26)23-18-8-14(9-19(18)25)12-24-7-6-22-13-24/h2-7,10-11,13-14,18-19,25H,8-9,12H2,1H3,(H,23,26)/t14?,18-,19-/m1/s1. The minimum Gasteiger partial charge on any atom is -0.496 e. The lowest BCUT2D eigenvalue weighted by atomic mass is 10.0. The van der Waals surface area contributed by atoms with Gasteiger partial charge in [-0.2, -0.15) is 0 Å². The summed E-state index contributed by atoms with van der Waals surface area (Å²) in [5.74, 6) is 0.622. The number of fused-ring (bicyclic) bond motifs is 1. The van der Waals surface area contributed by atoms with Gasteiger partial charge in [-0.15, -0.1) is 0 Å². The second-order valence-corrected chi connectivity index (χ2v) is 7.14. The Labute approximate surface area is 157 Å². The number of aliphatic hydroxyl groups is 1. The summed E-state index contributed by atoms with van der Waals surface area (Å²) in [5, 5.41) is 15.4. The van der Waals surface area contributed by atoms with Crippen LogP contribution in [0.5, 0.6) is 5.75 Å². The molecule has 2 aromatic carbocycles. The highest BCUT2D eigenvalue weighted by Crippen LogP contribution is 2.30. The Morgan fingerprint density at radius 2 is 2.07 bits per heavy atom. The average molecular weight is 365 g/mol. The first kappa shape index (κ1) is 17.5. The molecule has 0 bridgehead atoms. The van der Waals surface area contributed by atoms with Crippen molar-refractivity contribution >= 4 is 16.7 Å². The van der Waals surface area contributed by atoms with Crippen LogP contribution in [0, 0.1) is 5.92 Å². The highest BCUT2D eigenvalue weighted by Gasteiger charge is 2.34. The number of ether oxygens (including phenoxy) is 1. The van der Waals surface area contributed by atoms with Crippen LogP contribution in [-0.4, -0.2) is 39.8 Å². The van der Waals surface area contributed by atoms with Crippen molar-refractivity contribution in [3.05, 3.63) is 60.7 Å². The zero-order valence-electron chi connectivity index (χ0n) is 15.2. The number of hydrogen-bond acceptors (Lipinski definition) is 4. The van der Waals surface area contributed by atoms with Gasteiger partial charge in [-0.1, -0.05) is 24.3 Å². The van der Waals surface area contributed by atoms with Crippen LogP contribution >= 0.6 is 0 Å². The number of benzene rings is 2. The van der Waals surface area contributed by atoms with Crippen molar-refractivity contribution < 1.29 is 14.6 Å². The van der Waals surface area contributed by atoms with Crippen LogP contribution in [0.4, 0.5) is 0 Å². The van der Waals surface area contributed by atoms with Crippen molar-refractivity contribution in [1.82, 2.24) is 14.9 Å². The summed E-state index contributed by atoms with van der Waals surface area (Å²) in [6, 6.07) is 11.3. The van der Waals surface area contributed by atoms with Crippen LogP contribution in [0.15, 0.2) is 55.1 Å². The molecule has 6 nitrogen and oxygen atoms in total. The van der Waals surface area contributed by atoms with E-state index in [1.807, 2.05) is 47.2 Å². The Kier molecular flexibility index (Phi) is 4.81. The molecule has 3 aromatic rings. The largest absolute Gasteiger partial charge is 0.496 e. The summed E-state index contributed by atoms with van der Waals surface area (Å²) < 4.78 is 7.43. The fourth-order valence-corrected chi connectivity index (χ4v) is 3.93. The Morgan fingerprint density at radius 1 is 1.30 bits per heavy atom. The van der Waals surface area contributed by atoms with Gasteiger partial charge in [-0.05, 0) is 41.7 Å². The summed E-state index contributed by atoms with van der Waals surface area (Å²) in [6.45, 7) is 0.794. The first-order valence-corrected chi connectivity index (χ1v) is 9.15. The summed E-state index contributed by atoms with van der Waals surface area (Å²) in [7, 11) is 1.56. The number of methoxy groups -OCH3 is 1. The molecule has 0 radical (unpaired) electrons. The van der Waals surface area contributed by atoms with Crippen molar-refractivity contribution in [1.29, 1.82) is 0 Å². The second-order valence-electron chi connectivity index (χ2n) is 7.14. The van der Waals surface area contributed by atoms with Crippen LogP contribution < -0.4 is 10.1 Å². The Morgan fingerprint density at radius 3 is 2.78 bits per heavy atom. The van der Waals surface area contributed by atoms with Gasteiger partial charge in [0.15, 0.2) is 0 Å². The average Bonchev–Trinajstić information content (AvgIpc) is 3.30. The molecule has 1 unspecified atom stereocenters. The van der Waals surface area contributed by atoms with E-state index >= 15 is 0 Å². The maximum atomic E-state index is 12.9. The Hall–Kier alpha value is -2.86. The molecule has 1 aromatic heterocycles. The fourth-order valence-electron chi connectivity index (χ4n) is 3.93. The highest BCUT2D eigenvalue weighted by molar-refractivity contribution is 6.01. The third kappa shape index (κ3) is 3.66. The predicted molar refractivity (Wildman–Crippen MR) is 103 cm³/mol. The van der Waals surface area contributed by atoms with Crippen LogP contribution in [0.25, 0.3) is 10.8 Å². The van der Waals surface area contributed by atoms with Crippen molar-refractivity contribution in [2.75, 3.05) is 7.11 Å². The number of aromatic nitrogens is 2. The molecule has 2 N–H and O–H groups in total. The van der Waals surface area contributed by atoms with Gasteiger partial charge in [0.1, 0.15) is 5.75 Å². The second kappa shape index (κ2) is 7.40. The number of amides is 1. The Bertz CT molecular complexity index is 939. The molecule has 140 valence electrons. The van der Waals surface area contributed by atoms with E-state index in [0.717, 1.165) is 23.7 Å². The molecule has 1 heterocycles. The van der Waals surface area contributed by atoms with Crippen molar-refractivity contribution in [3.63, 3.8) is 0 Å². The lowest BCUT2D eigenvalue weighted by Crippen LogP contribution is -2.40. The first-order chi connectivity index (χ1) is 13.1. The first-order valence-electron chi connectivity index (χ1n) is 9.15. The lowest BCUT2D eigenvalue weighted by Gasteiger charge is -2.18. The van der Waals surface area contributed by atoms with Gasteiger partial charge in [-0.3, -0.25) is 4.79 Å². The fraction of sp³-hybridized carbons (Fsp3) is 0.333. The zero-order valence-corrected chi connectivity index (χ0v) is 15.2. The van der Waals surface area contributed by atoms with Gasteiger partial charge in [0.25, 0.3) is 5.91 Å². The van der Waals surface area contributed by atoms with E-state index in [1.54, 1.807) is 19.6 Å². The molecule has 27 heavy (non-hydrogen) atoms. The summed E-state index contributed by atoms with van der Waals surface area (Å²) >= 11 is 0. The maximum Gasteiger partial charge on any atom is 0.255 e. The smallest absolute Gasteiger partial charge is 0.255 e. The molecule has 1 aliphatic rings. The summed E-state index contributed by atoms with van der Waals surface area (Å²) in [4.78, 5) is 16.9. The number of imidazole rings is 1. The number of carbonyl (C=O) groups excluding carboxylic acids is 1. The molecule has 4 rings (SSSR count). The molecular weight excluding hydrogens is 342 g/mol. The van der Waals surface area contributed by atoms with Crippen molar-refractivity contribution in [2.45, 2.75) is 31.5 Å². The van der Waals surface area contributed by atoms with E-state index in [9.17, 15) is 9.90 Å². The Balaban J connectivity index is 1.49. The third-order valence-electron chi connectivity index (χ3n) is 5.28. The molecule has 0 spiro atoms. The minimum absolute atomic E-state index is 0.218. The van der Waals surface area contributed by atoms with Gasteiger partial charge in [0, 0.05) is 18.9 Å². The van der Waals surface area contributed by atoms with Crippen LogP contribution in [-0.2, 0) is 6.54 Å².